The molecule has 0 bridgehead atoms. The highest BCUT2D eigenvalue weighted by Gasteiger charge is 2.39. The largest absolute Gasteiger partial charge is 0.481 e. The van der Waals surface area contributed by atoms with Crippen LogP contribution in [0.15, 0.2) is 24.3 Å². The third-order valence-corrected chi connectivity index (χ3v) is 3.78. The monoisotopic (exact) mass is 261 g/mol. The fourth-order valence-electron chi connectivity index (χ4n) is 2.76. The summed E-state index contributed by atoms with van der Waals surface area (Å²) in [6.07, 6.45) is 0.746. The van der Waals surface area contributed by atoms with E-state index in [1.165, 1.54) is 0 Å². The van der Waals surface area contributed by atoms with E-state index < -0.39 is 11.9 Å². The van der Waals surface area contributed by atoms with Gasteiger partial charge in [-0.15, -0.1) is 0 Å². The Bertz CT molecular complexity index is 479. The molecule has 2 rings (SSSR count). The molecule has 0 radical (unpaired) electrons. The molecule has 102 valence electrons. The van der Waals surface area contributed by atoms with E-state index in [-0.39, 0.29) is 11.9 Å². The van der Waals surface area contributed by atoms with Crippen molar-refractivity contribution in [3.8, 4) is 0 Å². The van der Waals surface area contributed by atoms with Gasteiger partial charge in [-0.05, 0) is 25.8 Å². The zero-order valence-electron chi connectivity index (χ0n) is 11.3. The van der Waals surface area contributed by atoms with Gasteiger partial charge in [0.15, 0.2) is 0 Å². The molecular weight excluding hydrogens is 242 g/mol. The van der Waals surface area contributed by atoms with E-state index in [0.29, 0.717) is 19.4 Å². The molecule has 4 heteroatoms. The summed E-state index contributed by atoms with van der Waals surface area (Å²) in [6.45, 7) is 4.42. The number of carbonyl (C=O) groups excluding carboxylic acids is 1. The lowest BCUT2D eigenvalue weighted by Crippen LogP contribution is -2.45. The summed E-state index contributed by atoms with van der Waals surface area (Å²) in [5.41, 5.74) is 2.04. The second-order valence-corrected chi connectivity index (χ2v) is 5.02. The average Bonchev–Trinajstić information content (AvgIpc) is 2.39. The van der Waals surface area contributed by atoms with Gasteiger partial charge in [0.1, 0.15) is 0 Å². The van der Waals surface area contributed by atoms with E-state index in [0.717, 1.165) is 11.1 Å². The minimum atomic E-state index is -0.823. The summed E-state index contributed by atoms with van der Waals surface area (Å²) in [5.74, 6) is -1.29. The molecule has 19 heavy (non-hydrogen) atoms. The summed E-state index contributed by atoms with van der Waals surface area (Å²) < 4.78 is 0. The number of likely N-dealkylation sites (tertiary alicyclic amines) is 1. The summed E-state index contributed by atoms with van der Waals surface area (Å²) in [5, 5.41) is 9.39. The first kappa shape index (κ1) is 13.6. The number of hydrogen-bond acceptors (Lipinski definition) is 2. The number of benzene rings is 1. The minimum Gasteiger partial charge on any atom is -0.481 e. The number of nitrogens with zero attached hydrogens (tertiary/aromatic N) is 1. The zero-order valence-corrected chi connectivity index (χ0v) is 11.3. The van der Waals surface area contributed by atoms with E-state index in [1.807, 2.05) is 38.1 Å². The van der Waals surface area contributed by atoms with Crippen molar-refractivity contribution < 1.29 is 14.7 Å². The quantitative estimate of drug-likeness (QED) is 0.908. The van der Waals surface area contributed by atoms with Crippen LogP contribution in [-0.4, -0.2) is 28.4 Å². The first-order chi connectivity index (χ1) is 9.04. The molecular formula is C15H19NO3. The Balaban J connectivity index is 2.40. The Hall–Kier alpha value is -1.84. The van der Waals surface area contributed by atoms with Crippen molar-refractivity contribution in [2.24, 2.45) is 5.92 Å². The molecule has 2 atom stereocenters. The van der Waals surface area contributed by atoms with Crippen LogP contribution in [0.2, 0.25) is 0 Å². The second-order valence-electron chi connectivity index (χ2n) is 5.02. The lowest BCUT2D eigenvalue weighted by atomic mass is 9.84. The van der Waals surface area contributed by atoms with Crippen LogP contribution < -0.4 is 0 Å². The minimum absolute atomic E-state index is 0.0468. The van der Waals surface area contributed by atoms with E-state index in [4.69, 9.17) is 0 Å². The normalized spacial score (nSPS) is 23.5. The molecule has 1 saturated heterocycles. The van der Waals surface area contributed by atoms with E-state index in [9.17, 15) is 14.7 Å². The lowest BCUT2D eigenvalue weighted by molar-refractivity contribution is -0.151. The maximum Gasteiger partial charge on any atom is 0.308 e. The standard InChI is InChI=1S/C15H19NO3/c1-3-16-13(17)9-8-12(15(18)19)14(16)11-6-4-10(2)5-7-11/h4-7,12,14H,3,8-9H2,1-2H3,(H,18,19)/t12-,14-/m0/s1. The van der Waals surface area contributed by atoms with Crippen molar-refractivity contribution in [2.45, 2.75) is 32.7 Å². The first-order valence-electron chi connectivity index (χ1n) is 6.63. The van der Waals surface area contributed by atoms with Gasteiger partial charge < -0.3 is 10.0 Å². The van der Waals surface area contributed by atoms with Gasteiger partial charge in [0.2, 0.25) is 5.91 Å². The van der Waals surface area contributed by atoms with Gasteiger partial charge in [0.25, 0.3) is 0 Å². The van der Waals surface area contributed by atoms with E-state index in [1.54, 1.807) is 4.90 Å². The van der Waals surface area contributed by atoms with Crippen LogP contribution in [0, 0.1) is 12.8 Å². The van der Waals surface area contributed by atoms with Crippen LogP contribution in [0.3, 0.4) is 0 Å². The van der Waals surface area contributed by atoms with Gasteiger partial charge >= 0.3 is 5.97 Å². The number of piperidine rings is 1. The van der Waals surface area contributed by atoms with Crippen LogP contribution in [0.25, 0.3) is 0 Å². The number of amides is 1. The predicted octanol–water partition coefficient (Wildman–Crippen LogP) is 2.38. The molecule has 1 aromatic carbocycles. The molecule has 0 aliphatic carbocycles. The Kier molecular flexibility index (Phi) is 3.88. The maximum atomic E-state index is 12.0. The van der Waals surface area contributed by atoms with Crippen LogP contribution in [0.5, 0.6) is 0 Å². The number of carboxylic acids is 1. The van der Waals surface area contributed by atoms with Gasteiger partial charge in [-0.1, -0.05) is 29.8 Å². The molecule has 4 nitrogen and oxygen atoms in total. The van der Waals surface area contributed by atoms with Gasteiger partial charge in [-0.2, -0.15) is 0 Å². The molecule has 1 aromatic rings. The van der Waals surface area contributed by atoms with Crippen molar-refractivity contribution in [1.82, 2.24) is 4.90 Å². The Morgan fingerprint density at radius 3 is 2.53 bits per heavy atom. The van der Waals surface area contributed by atoms with Crippen molar-refractivity contribution in [3.05, 3.63) is 35.4 Å². The number of hydrogen-bond donors (Lipinski definition) is 1. The van der Waals surface area contributed by atoms with E-state index in [2.05, 4.69) is 0 Å². The lowest BCUT2D eigenvalue weighted by Gasteiger charge is -2.39. The maximum absolute atomic E-state index is 12.0. The molecule has 1 N–H and O–H groups in total. The molecule has 1 amide bonds. The topological polar surface area (TPSA) is 57.6 Å². The van der Waals surface area contributed by atoms with Crippen LogP contribution in [0.4, 0.5) is 0 Å². The number of carbonyl (C=O) groups is 2. The summed E-state index contributed by atoms with van der Waals surface area (Å²) in [7, 11) is 0. The number of rotatable bonds is 3. The van der Waals surface area contributed by atoms with Crippen LogP contribution in [0.1, 0.15) is 36.9 Å². The molecule has 0 unspecified atom stereocenters. The van der Waals surface area contributed by atoms with Crippen LogP contribution >= 0.6 is 0 Å². The highest BCUT2D eigenvalue weighted by molar-refractivity contribution is 5.81. The Labute approximate surface area is 113 Å². The Morgan fingerprint density at radius 2 is 2.00 bits per heavy atom. The fourth-order valence-corrected chi connectivity index (χ4v) is 2.76. The predicted molar refractivity (Wildman–Crippen MR) is 71.7 cm³/mol. The Morgan fingerprint density at radius 1 is 1.37 bits per heavy atom. The van der Waals surface area contributed by atoms with Crippen LogP contribution in [-0.2, 0) is 9.59 Å². The smallest absolute Gasteiger partial charge is 0.308 e. The number of aliphatic carboxylic acids is 1. The van der Waals surface area contributed by atoms with Gasteiger partial charge in [0.05, 0.1) is 12.0 Å². The molecule has 0 saturated carbocycles. The number of aryl methyl sites for hydroxylation is 1. The van der Waals surface area contributed by atoms with Gasteiger partial charge in [-0.3, -0.25) is 9.59 Å². The molecule has 1 aliphatic rings. The molecule has 1 aliphatic heterocycles. The molecule has 0 aromatic heterocycles. The van der Waals surface area contributed by atoms with Crippen molar-refractivity contribution in [3.63, 3.8) is 0 Å². The second kappa shape index (κ2) is 5.43. The molecule has 1 fully saturated rings. The SMILES string of the molecule is CCN1C(=O)CC[C@H](C(=O)O)[C@@H]1c1ccc(C)cc1. The van der Waals surface area contributed by atoms with Crippen molar-refractivity contribution in [1.29, 1.82) is 0 Å². The first-order valence-corrected chi connectivity index (χ1v) is 6.63. The van der Waals surface area contributed by atoms with Gasteiger partial charge in [-0.25, -0.2) is 0 Å². The molecule has 1 heterocycles. The fraction of sp³-hybridized carbons (Fsp3) is 0.467. The van der Waals surface area contributed by atoms with Crippen molar-refractivity contribution >= 4 is 11.9 Å². The highest BCUT2D eigenvalue weighted by Crippen LogP contribution is 2.36. The zero-order chi connectivity index (χ0) is 14.0. The summed E-state index contributed by atoms with van der Waals surface area (Å²) >= 11 is 0. The third-order valence-electron chi connectivity index (χ3n) is 3.78. The highest BCUT2D eigenvalue weighted by atomic mass is 16.4. The molecule has 0 spiro atoms. The summed E-state index contributed by atoms with van der Waals surface area (Å²) in [4.78, 5) is 25.1. The summed E-state index contributed by atoms with van der Waals surface area (Å²) in [6, 6.07) is 7.43. The van der Waals surface area contributed by atoms with Gasteiger partial charge in [0, 0.05) is 13.0 Å². The average molecular weight is 261 g/mol. The number of carboxylic acid groups (broad SMARTS) is 1. The van der Waals surface area contributed by atoms with Crippen molar-refractivity contribution in [2.75, 3.05) is 6.54 Å². The third kappa shape index (κ3) is 2.62. The van der Waals surface area contributed by atoms with E-state index >= 15 is 0 Å².